The van der Waals surface area contributed by atoms with Gasteiger partial charge in [-0.15, -0.1) is 0 Å². The molecule has 1 fully saturated rings. The molecule has 1 aromatic carbocycles. The Morgan fingerprint density at radius 3 is 2.91 bits per heavy atom. The number of carbonyl (C=O) groups is 1. The molecule has 3 rings (SSSR count). The van der Waals surface area contributed by atoms with E-state index in [2.05, 4.69) is 5.16 Å². The van der Waals surface area contributed by atoms with Gasteiger partial charge >= 0.3 is 0 Å². The summed E-state index contributed by atoms with van der Waals surface area (Å²) in [5.41, 5.74) is 1.30. The van der Waals surface area contributed by atoms with E-state index in [4.69, 9.17) is 20.9 Å². The molecule has 0 radical (unpaired) electrons. The minimum Gasteiger partial charge on any atom is -0.370 e. The molecule has 1 aromatic heterocycles. The quantitative estimate of drug-likeness (QED) is 0.852. The average molecular weight is 321 g/mol. The second kappa shape index (κ2) is 6.10. The summed E-state index contributed by atoms with van der Waals surface area (Å²) >= 11 is 6.03. The number of ether oxygens (including phenoxy) is 1. The van der Waals surface area contributed by atoms with Gasteiger partial charge in [0.15, 0.2) is 5.69 Å². The van der Waals surface area contributed by atoms with E-state index in [9.17, 15) is 4.79 Å². The van der Waals surface area contributed by atoms with Crippen LogP contribution in [0.5, 0.6) is 0 Å². The predicted octanol–water partition coefficient (Wildman–Crippen LogP) is 3.24. The van der Waals surface area contributed by atoms with E-state index in [1.165, 1.54) is 0 Å². The number of aryl methyl sites for hydroxylation is 1. The summed E-state index contributed by atoms with van der Waals surface area (Å²) in [6, 6.07) is 9.16. The summed E-state index contributed by atoms with van der Waals surface area (Å²) in [5.74, 6) is 0.482. The topological polar surface area (TPSA) is 55.6 Å². The minimum absolute atomic E-state index is 0.0139. The summed E-state index contributed by atoms with van der Waals surface area (Å²) in [6.07, 6.45) is -0.188. The van der Waals surface area contributed by atoms with Gasteiger partial charge < -0.3 is 14.2 Å². The number of morpholine rings is 1. The Kier molecular flexibility index (Phi) is 4.18. The smallest absolute Gasteiger partial charge is 0.276 e. The van der Waals surface area contributed by atoms with E-state index in [0.717, 1.165) is 5.56 Å². The molecule has 1 saturated heterocycles. The third-order valence-electron chi connectivity index (χ3n) is 3.76. The monoisotopic (exact) mass is 320 g/mol. The van der Waals surface area contributed by atoms with Gasteiger partial charge in [-0.1, -0.05) is 28.9 Å². The Balaban J connectivity index is 1.80. The average Bonchev–Trinajstić information content (AvgIpc) is 2.93. The maximum absolute atomic E-state index is 12.6. The van der Waals surface area contributed by atoms with Gasteiger partial charge in [-0.25, -0.2) is 0 Å². The lowest BCUT2D eigenvalue weighted by molar-refractivity contribution is -0.0489. The van der Waals surface area contributed by atoms with Crippen molar-refractivity contribution in [2.45, 2.75) is 26.0 Å². The van der Waals surface area contributed by atoms with Crippen LogP contribution in [0.25, 0.3) is 0 Å². The van der Waals surface area contributed by atoms with Gasteiger partial charge in [0.25, 0.3) is 5.91 Å². The molecule has 0 N–H and O–H groups in total. The maximum Gasteiger partial charge on any atom is 0.276 e. The Morgan fingerprint density at radius 2 is 2.23 bits per heavy atom. The van der Waals surface area contributed by atoms with Gasteiger partial charge in [0.05, 0.1) is 19.2 Å². The van der Waals surface area contributed by atoms with Crippen LogP contribution in [0.4, 0.5) is 0 Å². The van der Waals surface area contributed by atoms with E-state index >= 15 is 0 Å². The normalized spacial score (nSPS) is 21.9. The molecule has 0 spiro atoms. The third kappa shape index (κ3) is 3.00. The van der Waals surface area contributed by atoms with Crippen LogP contribution < -0.4 is 0 Å². The second-order valence-corrected chi connectivity index (χ2v) is 5.94. The minimum atomic E-state index is -0.188. The number of nitrogens with zero attached hydrogens (tertiary/aromatic N) is 2. The van der Waals surface area contributed by atoms with Crippen molar-refractivity contribution < 1.29 is 14.1 Å². The molecule has 116 valence electrons. The van der Waals surface area contributed by atoms with Crippen molar-refractivity contribution in [3.8, 4) is 0 Å². The molecule has 2 atom stereocenters. The van der Waals surface area contributed by atoms with Crippen molar-refractivity contribution in [1.82, 2.24) is 10.1 Å². The number of hydrogen-bond donors (Lipinski definition) is 0. The van der Waals surface area contributed by atoms with E-state index < -0.39 is 0 Å². The third-order valence-corrected chi connectivity index (χ3v) is 4.00. The molecule has 1 aliphatic rings. The number of aromatic nitrogens is 1. The maximum atomic E-state index is 12.6. The number of benzene rings is 1. The SMILES string of the molecule is Cc1cc(C(=O)N2C[C@@H](c3cccc(Cl)c3)OC[C@H]2C)no1. The van der Waals surface area contributed by atoms with E-state index in [1.54, 1.807) is 17.9 Å². The van der Waals surface area contributed by atoms with E-state index in [-0.39, 0.29) is 18.1 Å². The number of amides is 1. The summed E-state index contributed by atoms with van der Waals surface area (Å²) < 4.78 is 10.8. The van der Waals surface area contributed by atoms with Crippen LogP contribution in [0.3, 0.4) is 0 Å². The van der Waals surface area contributed by atoms with Crippen LogP contribution in [-0.4, -0.2) is 35.2 Å². The fourth-order valence-corrected chi connectivity index (χ4v) is 2.76. The van der Waals surface area contributed by atoms with E-state index in [0.29, 0.717) is 29.6 Å². The molecule has 0 unspecified atom stereocenters. The zero-order valence-corrected chi connectivity index (χ0v) is 13.2. The first-order valence-electron chi connectivity index (χ1n) is 7.16. The van der Waals surface area contributed by atoms with Crippen molar-refractivity contribution in [3.05, 3.63) is 52.4 Å². The summed E-state index contributed by atoms with van der Waals surface area (Å²) in [7, 11) is 0. The number of rotatable bonds is 2. The van der Waals surface area contributed by atoms with Crippen molar-refractivity contribution in [2.24, 2.45) is 0 Å². The highest BCUT2D eigenvalue weighted by Crippen LogP contribution is 2.27. The molecular weight excluding hydrogens is 304 g/mol. The Labute approximate surface area is 133 Å². The van der Waals surface area contributed by atoms with Crippen LogP contribution in [0.1, 0.15) is 34.8 Å². The van der Waals surface area contributed by atoms with Crippen molar-refractivity contribution >= 4 is 17.5 Å². The van der Waals surface area contributed by atoms with Crippen LogP contribution in [0.2, 0.25) is 5.02 Å². The highest BCUT2D eigenvalue weighted by Gasteiger charge is 2.32. The molecule has 6 heteroatoms. The molecule has 1 amide bonds. The van der Waals surface area contributed by atoms with Gasteiger partial charge in [-0.2, -0.15) is 0 Å². The molecule has 0 saturated carbocycles. The molecular formula is C16H17ClN2O3. The zero-order chi connectivity index (χ0) is 15.7. The van der Waals surface area contributed by atoms with Crippen LogP contribution in [0.15, 0.2) is 34.9 Å². The highest BCUT2D eigenvalue weighted by molar-refractivity contribution is 6.30. The van der Waals surface area contributed by atoms with Crippen molar-refractivity contribution in [2.75, 3.05) is 13.2 Å². The Bertz CT molecular complexity index is 686. The lowest BCUT2D eigenvalue weighted by Crippen LogP contribution is -2.48. The molecule has 2 aromatic rings. The van der Waals surface area contributed by atoms with Gasteiger partial charge in [-0.3, -0.25) is 4.79 Å². The zero-order valence-electron chi connectivity index (χ0n) is 12.5. The molecule has 5 nitrogen and oxygen atoms in total. The molecule has 0 bridgehead atoms. The fourth-order valence-electron chi connectivity index (χ4n) is 2.56. The van der Waals surface area contributed by atoms with Gasteiger partial charge in [-0.05, 0) is 31.5 Å². The first kappa shape index (κ1) is 15.1. The Hall–Kier alpha value is -1.85. The summed E-state index contributed by atoms with van der Waals surface area (Å²) in [4.78, 5) is 14.4. The van der Waals surface area contributed by atoms with E-state index in [1.807, 2.05) is 31.2 Å². The molecule has 0 aliphatic carbocycles. The number of hydrogen-bond acceptors (Lipinski definition) is 4. The fraction of sp³-hybridized carbons (Fsp3) is 0.375. The van der Waals surface area contributed by atoms with Gasteiger partial charge in [0, 0.05) is 11.1 Å². The first-order valence-corrected chi connectivity index (χ1v) is 7.54. The van der Waals surface area contributed by atoms with Gasteiger partial charge in [0.1, 0.15) is 11.9 Å². The van der Waals surface area contributed by atoms with Crippen molar-refractivity contribution in [3.63, 3.8) is 0 Å². The van der Waals surface area contributed by atoms with Crippen LogP contribution in [0, 0.1) is 6.92 Å². The number of carbonyl (C=O) groups excluding carboxylic acids is 1. The Morgan fingerprint density at radius 1 is 1.41 bits per heavy atom. The highest BCUT2D eigenvalue weighted by atomic mass is 35.5. The lowest BCUT2D eigenvalue weighted by Gasteiger charge is -2.37. The number of halogens is 1. The molecule has 2 heterocycles. The van der Waals surface area contributed by atoms with Gasteiger partial charge in [0.2, 0.25) is 0 Å². The second-order valence-electron chi connectivity index (χ2n) is 5.51. The standard InChI is InChI=1S/C16H17ClN2O3/c1-10-9-21-15(12-4-3-5-13(17)7-12)8-19(10)16(20)14-6-11(2)22-18-14/h3-7,10,15H,8-9H2,1-2H3/t10-,15+/m1/s1. The lowest BCUT2D eigenvalue weighted by atomic mass is 10.1. The predicted molar refractivity (Wildman–Crippen MR) is 81.9 cm³/mol. The first-order chi connectivity index (χ1) is 10.5. The summed E-state index contributed by atoms with van der Waals surface area (Å²) in [5, 5.41) is 4.47. The van der Waals surface area contributed by atoms with Crippen LogP contribution in [-0.2, 0) is 4.74 Å². The van der Waals surface area contributed by atoms with Crippen molar-refractivity contribution in [1.29, 1.82) is 0 Å². The van der Waals surface area contributed by atoms with Crippen LogP contribution >= 0.6 is 11.6 Å². The summed E-state index contributed by atoms with van der Waals surface area (Å²) in [6.45, 7) is 4.66. The molecule has 22 heavy (non-hydrogen) atoms. The largest absolute Gasteiger partial charge is 0.370 e. The molecule has 1 aliphatic heterocycles.